The van der Waals surface area contributed by atoms with Crippen LogP contribution in [0.3, 0.4) is 0 Å². The van der Waals surface area contributed by atoms with Crippen molar-refractivity contribution in [3.05, 3.63) is 80.8 Å². The van der Waals surface area contributed by atoms with Gasteiger partial charge in [-0.05, 0) is 42.8 Å². The number of hydrogen-bond donors (Lipinski definition) is 0. The minimum absolute atomic E-state index is 0.194. The van der Waals surface area contributed by atoms with Gasteiger partial charge in [0.25, 0.3) is 0 Å². The summed E-state index contributed by atoms with van der Waals surface area (Å²) in [7, 11) is 0. The standard InChI is InChI=1S/C20H14Cl2N2O2S/c1-12-15-10-18(20(25)26-11-13-6-8-14(21)9-7-13)27-19(15)24(23-12)17-5-3-2-4-16(17)22/h2-10H,11H2,1H3. The Morgan fingerprint density at radius 3 is 2.63 bits per heavy atom. The van der Waals surface area contributed by atoms with E-state index in [0.29, 0.717) is 14.9 Å². The molecule has 2 aromatic carbocycles. The Kier molecular flexibility index (Phi) is 4.91. The number of thiophene rings is 1. The summed E-state index contributed by atoms with van der Waals surface area (Å²) in [5.41, 5.74) is 2.49. The number of hydrogen-bond acceptors (Lipinski definition) is 4. The number of aryl methyl sites for hydroxylation is 1. The molecule has 0 amide bonds. The van der Waals surface area contributed by atoms with E-state index >= 15 is 0 Å². The molecule has 4 nitrogen and oxygen atoms in total. The van der Waals surface area contributed by atoms with Gasteiger partial charge >= 0.3 is 5.97 Å². The molecule has 0 saturated carbocycles. The van der Waals surface area contributed by atoms with Crippen molar-refractivity contribution in [2.24, 2.45) is 0 Å². The van der Waals surface area contributed by atoms with E-state index in [1.54, 1.807) is 16.8 Å². The van der Waals surface area contributed by atoms with Gasteiger partial charge in [-0.25, -0.2) is 9.48 Å². The van der Waals surface area contributed by atoms with Crippen LogP contribution in [0.4, 0.5) is 0 Å². The van der Waals surface area contributed by atoms with Gasteiger partial charge in [-0.2, -0.15) is 5.10 Å². The first kappa shape index (κ1) is 18.0. The number of rotatable bonds is 4. The van der Waals surface area contributed by atoms with Gasteiger partial charge in [-0.3, -0.25) is 0 Å². The van der Waals surface area contributed by atoms with E-state index in [9.17, 15) is 4.79 Å². The second-order valence-corrected chi connectivity index (χ2v) is 7.85. The predicted octanol–water partition coefficient (Wildman–Crippen LogP) is 6.06. The van der Waals surface area contributed by atoms with E-state index in [0.717, 1.165) is 27.2 Å². The molecule has 136 valence electrons. The average molecular weight is 417 g/mol. The lowest BCUT2D eigenvalue weighted by Crippen LogP contribution is -2.03. The summed E-state index contributed by atoms with van der Waals surface area (Å²) in [6.07, 6.45) is 0. The normalized spacial score (nSPS) is 11.1. The number of ether oxygens (including phenoxy) is 1. The molecule has 2 heterocycles. The molecule has 0 aliphatic rings. The Hall–Kier alpha value is -2.34. The van der Waals surface area contributed by atoms with Crippen molar-refractivity contribution >= 4 is 50.7 Å². The molecule has 0 atom stereocenters. The second-order valence-electron chi connectivity index (χ2n) is 5.98. The fraction of sp³-hybridized carbons (Fsp3) is 0.100. The molecule has 0 bridgehead atoms. The number of esters is 1. The first-order valence-corrected chi connectivity index (χ1v) is 9.76. The maximum atomic E-state index is 12.5. The third-order valence-corrected chi connectivity index (χ3v) is 5.77. The van der Waals surface area contributed by atoms with Crippen LogP contribution in [0.1, 0.15) is 20.9 Å². The number of fused-ring (bicyclic) bond motifs is 1. The number of carbonyl (C=O) groups excluding carboxylic acids is 1. The third kappa shape index (κ3) is 3.58. The van der Waals surface area contributed by atoms with Crippen LogP contribution in [0, 0.1) is 6.92 Å². The van der Waals surface area contributed by atoms with Gasteiger partial charge in [0, 0.05) is 10.4 Å². The van der Waals surface area contributed by atoms with E-state index in [1.165, 1.54) is 11.3 Å². The molecule has 0 radical (unpaired) electrons. The second kappa shape index (κ2) is 7.35. The van der Waals surface area contributed by atoms with Crippen LogP contribution in [-0.4, -0.2) is 15.7 Å². The molecule has 0 aliphatic carbocycles. The third-order valence-electron chi connectivity index (χ3n) is 4.11. The monoisotopic (exact) mass is 416 g/mol. The molecule has 0 saturated heterocycles. The van der Waals surface area contributed by atoms with Gasteiger partial charge in [0.15, 0.2) is 0 Å². The van der Waals surface area contributed by atoms with Crippen molar-refractivity contribution in [2.45, 2.75) is 13.5 Å². The molecule has 0 N–H and O–H groups in total. The zero-order valence-corrected chi connectivity index (χ0v) is 16.6. The number of halogens is 2. The highest BCUT2D eigenvalue weighted by Gasteiger charge is 2.19. The summed E-state index contributed by atoms with van der Waals surface area (Å²) in [6, 6.07) is 16.5. The summed E-state index contributed by atoms with van der Waals surface area (Å²) in [5.74, 6) is -0.365. The summed E-state index contributed by atoms with van der Waals surface area (Å²) < 4.78 is 7.21. The highest BCUT2D eigenvalue weighted by atomic mass is 35.5. The van der Waals surface area contributed by atoms with Crippen molar-refractivity contribution in [1.82, 2.24) is 9.78 Å². The highest BCUT2D eigenvalue weighted by molar-refractivity contribution is 7.20. The molecule has 0 spiro atoms. The van der Waals surface area contributed by atoms with Crippen molar-refractivity contribution in [3.63, 3.8) is 0 Å². The highest BCUT2D eigenvalue weighted by Crippen LogP contribution is 2.32. The molecule has 27 heavy (non-hydrogen) atoms. The van der Waals surface area contributed by atoms with Gasteiger partial charge in [0.05, 0.1) is 16.4 Å². The first-order valence-electron chi connectivity index (χ1n) is 8.18. The smallest absolute Gasteiger partial charge is 0.348 e. The largest absolute Gasteiger partial charge is 0.457 e. The van der Waals surface area contributed by atoms with Crippen LogP contribution in [0.25, 0.3) is 15.9 Å². The zero-order valence-electron chi connectivity index (χ0n) is 14.3. The SMILES string of the molecule is Cc1nn(-c2ccccc2Cl)c2sc(C(=O)OCc3ccc(Cl)cc3)cc12. The quantitative estimate of drug-likeness (QED) is 0.379. The van der Waals surface area contributed by atoms with Gasteiger partial charge in [-0.1, -0.05) is 47.5 Å². The number of para-hydroxylation sites is 1. The molecule has 7 heteroatoms. The van der Waals surface area contributed by atoms with Gasteiger partial charge in [-0.15, -0.1) is 11.3 Å². The minimum Gasteiger partial charge on any atom is -0.457 e. The van der Waals surface area contributed by atoms with E-state index in [-0.39, 0.29) is 12.6 Å². The van der Waals surface area contributed by atoms with Crippen LogP contribution in [0.15, 0.2) is 54.6 Å². The van der Waals surface area contributed by atoms with Crippen molar-refractivity contribution in [1.29, 1.82) is 0 Å². The molecule has 2 aromatic heterocycles. The Morgan fingerprint density at radius 2 is 1.89 bits per heavy atom. The van der Waals surface area contributed by atoms with Crippen LogP contribution in [-0.2, 0) is 11.3 Å². The van der Waals surface area contributed by atoms with Gasteiger partial charge < -0.3 is 4.74 Å². The molecule has 4 rings (SSSR count). The minimum atomic E-state index is -0.365. The van der Waals surface area contributed by atoms with Crippen molar-refractivity contribution in [2.75, 3.05) is 0 Å². The summed E-state index contributed by atoms with van der Waals surface area (Å²) >= 11 is 13.5. The Bertz CT molecular complexity index is 1130. The summed E-state index contributed by atoms with van der Waals surface area (Å²) in [5, 5.41) is 6.72. The Morgan fingerprint density at radius 1 is 1.15 bits per heavy atom. The van der Waals surface area contributed by atoms with Crippen molar-refractivity contribution in [3.8, 4) is 5.69 Å². The van der Waals surface area contributed by atoms with E-state index < -0.39 is 0 Å². The lowest BCUT2D eigenvalue weighted by molar-refractivity contribution is 0.0478. The fourth-order valence-electron chi connectivity index (χ4n) is 2.74. The number of nitrogens with zero attached hydrogens (tertiary/aromatic N) is 2. The number of aromatic nitrogens is 2. The maximum absolute atomic E-state index is 12.5. The van der Waals surface area contributed by atoms with Crippen LogP contribution in [0.5, 0.6) is 0 Å². The van der Waals surface area contributed by atoms with Crippen LogP contribution >= 0.6 is 34.5 Å². The Labute approximate surface area is 169 Å². The first-order chi connectivity index (χ1) is 13.0. The molecule has 0 aliphatic heterocycles. The molecular formula is C20H14Cl2N2O2S. The molecular weight excluding hydrogens is 403 g/mol. The fourth-order valence-corrected chi connectivity index (χ4v) is 4.15. The molecule has 0 unspecified atom stereocenters. The van der Waals surface area contributed by atoms with Crippen LogP contribution < -0.4 is 0 Å². The van der Waals surface area contributed by atoms with E-state index in [4.69, 9.17) is 27.9 Å². The van der Waals surface area contributed by atoms with Crippen LogP contribution in [0.2, 0.25) is 10.0 Å². The Balaban J connectivity index is 1.61. The van der Waals surface area contributed by atoms with Crippen molar-refractivity contribution < 1.29 is 9.53 Å². The lowest BCUT2D eigenvalue weighted by atomic mass is 10.2. The van der Waals surface area contributed by atoms with Gasteiger partial charge in [0.2, 0.25) is 0 Å². The average Bonchev–Trinajstić information content (AvgIpc) is 3.22. The molecule has 0 fully saturated rings. The predicted molar refractivity (Wildman–Crippen MR) is 109 cm³/mol. The van der Waals surface area contributed by atoms with E-state index in [2.05, 4.69) is 5.10 Å². The van der Waals surface area contributed by atoms with E-state index in [1.807, 2.05) is 49.4 Å². The molecule has 4 aromatic rings. The lowest BCUT2D eigenvalue weighted by Gasteiger charge is -2.05. The summed E-state index contributed by atoms with van der Waals surface area (Å²) in [4.78, 5) is 13.9. The number of benzene rings is 2. The number of carbonyl (C=O) groups is 1. The van der Waals surface area contributed by atoms with Gasteiger partial charge in [0.1, 0.15) is 16.3 Å². The zero-order chi connectivity index (χ0) is 19.0. The maximum Gasteiger partial charge on any atom is 0.348 e. The summed E-state index contributed by atoms with van der Waals surface area (Å²) in [6.45, 7) is 2.10. The topological polar surface area (TPSA) is 44.1 Å².